The summed E-state index contributed by atoms with van der Waals surface area (Å²) in [5.41, 5.74) is 3.44. The van der Waals surface area contributed by atoms with Crippen LogP contribution in [0.5, 0.6) is 0 Å². The van der Waals surface area contributed by atoms with Gasteiger partial charge in [0.1, 0.15) is 6.04 Å². The summed E-state index contributed by atoms with van der Waals surface area (Å²) in [6.07, 6.45) is 3.75. The van der Waals surface area contributed by atoms with Gasteiger partial charge in [-0.3, -0.25) is 9.10 Å². The zero-order valence-corrected chi connectivity index (χ0v) is 17.8. The van der Waals surface area contributed by atoms with Gasteiger partial charge in [0.15, 0.2) is 0 Å². The molecule has 0 saturated carbocycles. The number of nitrogens with two attached hydrogens (primary N) is 1. The second-order valence-electron chi connectivity index (χ2n) is 7.63. The zero-order valence-electron chi connectivity index (χ0n) is 17.0. The number of para-hydroxylation sites is 1. The van der Waals surface area contributed by atoms with Gasteiger partial charge in [-0.25, -0.2) is 8.42 Å². The van der Waals surface area contributed by atoms with Gasteiger partial charge in [0.05, 0.1) is 17.1 Å². The van der Waals surface area contributed by atoms with Crippen molar-refractivity contribution in [1.29, 1.82) is 0 Å². The molecule has 156 valence electrons. The van der Waals surface area contributed by atoms with Crippen LogP contribution in [0.1, 0.15) is 54.8 Å². The number of nitrogens with zero attached hydrogens (tertiary/aromatic N) is 1. The van der Waals surface area contributed by atoms with Crippen LogP contribution < -0.4 is 9.62 Å². The van der Waals surface area contributed by atoms with Crippen LogP contribution in [-0.4, -0.2) is 33.1 Å². The molecule has 2 aromatic carbocycles. The highest BCUT2D eigenvalue weighted by molar-refractivity contribution is 7.92. The smallest absolute Gasteiger partial charge is 0.303 e. The Labute approximate surface area is 172 Å². The van der Waals surface area contributed by atoms with Crippen LogP contribution in [0.25, 0.3) is 0 Å². The SMILES string of the molecule is Cc1ccc2c(c1)S(=O)(=O)N(C)c1ccccc1C2[NH2+]CCCCCCC(=O)O. The first-order chi connectivity index (χ1) is 13.8. The lowest BCUT2D eigenvalue weighted by Gasteiger charge is -2.20. The molecule has 1 unspecified atom stereocenters. The van der Waals surface area contributed by atoms with E-state index < -0.39 is 16.0 Å². The molecular formula is C22H29N2O4S+. The second kappa shape index (κ2) is 8.97. The summed E-state index contributed by atoms with van der Waals surface area (Å²) in [6, 6.07) is 13.3. The number of hydrogen-bond donors (Lipinski definition) is 2. The van der Waals surface area contributed by atoms with E-state index in [1.807, 2.05) is 43.3 Å². The molecular weight excluding hydrogens is 388 g/mol. The molecule has 0 spiro atoms. The minimum Gasteiger partial charge on any atom is -0.481 e. The summed E-state index contributed by atoms with van der Waals surface area (Å²) in [5.74, 6) is -0.746. The highest BCUT2D eigenvalue weighted by Gasteiger charge is 2.36. The number of fused-ring (bicyclic) bond motifs is 2. The molecule has 6 nitrogen and oxygen atoms in total. The molecule has 1 atom stereocenters. The van der Waals surface area contributed by atoms with Crippen molar-refractivity contribution in [2.75, 3.05) is 17.9 Å². The maximum atomic E-state index is 13.3. The predicted molar refractivity (Wildman–Crippen MR) is 113 cm³/mol. The van der Waals surface area contributed by atoms with Gasteiger partial charge in [-0.2, -0.15) is 0 Å². The number of aryl methyl sites for hydroxylation is 1. The molecule has 0 bridgehead atoms. The number of hydrogen-bond acceptors (Lipinski definition) is 3. The molecule has 1 aliphatic rings. The van der Waals surface area contributed by atoms with Gasteiger partial charge < -0.3 is 10.4 Å². The van der Waals surface area contributed by atoms with Crippen LogP contribution in [0.4, 0.5) is 5.69 Å². The summed E-state index contributed by atoms with van der Waals surface area (Å²) in [4.78, 5) is 11.0. The average Bonchev–Trinajstić information content (AvgIpc) is 2.75. The molecule has 0 fully saturated rings. The normalized spacial score (nSPS) is 17.3. The Morgan fingerprint density at radius 1 is 1.07 bits per heavy atom. The number of quaternary nitrogens is 1. The van der Waals surface area contributed by atoms with Crippen molar-refractivity contribution in [2.45, 2.75) is 50.0 Å². The predicted octanol–water partition coefficient (Wildman–Crippen LogP) is 2.82. The quantitative estimate of drug-likeness (QED) is 0.646. The molecule has 0 amide bonds. The first-order valence-corrected chi connectivity index (χ1v) is 11.5. The fourth-order valence-electron chi connectivity index (χ4n) is 3.92. The lowest BCUT2D eigenvalue weighted by Crippen LogP contribution is -2.85. The lowest BCUT2D eigenvalue weighted by atomic mass is 9.96. The molecule has 1 aliphatic heterocycles. The fraction of sp³-hybridized carbons (Fsp3) is 0.409. The molecule has 0 aliphatic carbocycles. The van der Waals surface area contributed by atoms with Gasteiger partial charge in [0.25, 0.3) is 10.0 Å². The number of anilines is 1. The van der Waals surface area contributed by atoms with Gasteiger partial charge in [-0.15, -0.1) is 0 Å². The van der Waals surface area contributed by atoms with Gasteiger partial charge in [0, 0.05) is 24.6 Å². The minimum atomic E-state index is -3.62. The van der Waals surface area contributed by atoms with Gasteiger partial charge in [0.2, 0.25) is 0 Å². The molecule has 0 saturated heterocycles. The van der Waals surface area contributed by atoms with Crippen LogP contribution >= 0.6 is 0 Å². The number of carbonyl (C=O) groups is 1. The number of aliphatic carboxylic acids is 1. The summed E-state index contributed by atoms with van der Waals surface area (Å²) in [7, 11) is -2.00. The first-order valence-electron chi connectivity index (χ1n) is 10.1. The van der Waals surface area contributed by atoms with E-state index in [1.54, 1.807) is 13.1 Å². The Morgan fingerprint density at radius 3 is 2.55 bits per heavy atom. The summed E-state index contributed by atoms with van der Waals surface area (Å²) in [6.45, 7) is 2.76. The van der Waals surface area contributed by atoms with Crippen molar-refractivity contribution in [3.8, 4) is 0 Å². The summed E-state index contributed by atoms with van der Waals surface area (Å²) >= 11 is 0. The van der Waals surface area contributed by atoms with Gasteiger partial charge in [-0.1, -0.05) is 36.8 Å². The number of rotatable bonds is 8. The van der Waals surface area contributed by atoms with E-state index in [2.05, 4.69) is 5.32 Å². The maximum absolute atomic E-state index is 13.3. The third-order valence-corrected chi connectivity index (χ3v) is 7.33. The molecule has 0 radical (unpaired) electrons. The highest BCUT2D eigenvalue weighted by atomic mass is 32.2. The van der Waals surface area contributed by atoms with E-state index >= 15 is 0 Å². The Balaban J connectivity index is 1.85. The zero-order chi connectivity index (χ0) is 21.0. The molecule has 2 aromatic rings. The Bertz CT molecular complexity index is 988. The molecule has 3 rings (SSSR count). The number of unbranched alkanes of at least 4 members (excludes halogenated alkanes) is 3. The van der Waals surface area contributed by atoms with Gasteiger partial charge in [-0.05, 0) is 43.9 Å². The fourth-order valence-corrected chi connectivity index (χ4v) is 5.46. The van der Waals surface area contributed by atoms with Crippen molar-refractivity contribution in [1.82, 2.24) is 0 Å². The van der Waals surface area contributed by atoms with Gasteiger partial charge >= 0.3 is 5.97 Å². The van der Waals surface area contributed by atoms with Crippen molar-refractivity contribution in [3.05, 3.63) is 59.2 Å². The molecule has 29 heavy (non-hydrogen) atoms. The molecule has 7 heteroatoms. The number of carboxylic acid groups (broad SMARTS) is 1. The highest BCUT2D eigenvalue weighted by Crippen LogP contribution is 2.38. The van der Waals surface area contributed by atoms with E-state index in [9.17, 15) is 13.2 Å². The van der Waals surface area contributed by atoms with Crippen molar-refractivity contribution >= 4 is 21.7 Å². The van der Waals surface area contributed by atoms with E-state index in [-0.39, 0.29) is 12.5 Å². The maximum Gasteiger partial charge on any atom is 0.303 e. The van der Waals surface area contributed by atoms with E-state index in [0.717, 1.165) is 42.5 Å². The van der Waals surface area contributed by atoms with E-state index in [1.165, 1.54) is 4.31 Å². The Kier molecular flexibility index (Phi) is 6.59. The number of carboxylic acids is 1. The Hall–Kier alpha value is -2.38. The van der Waals surface area contributed by atoms with Crippen LogP contribution in [0.3, 0.4) is 0 Å². The van der Waals surface area contributed by atoms with Crippen LogP contribution in [0.2, 0.25) is 0 Å². The third kappa shape index (κ3) is 4.62. The molecule has 0 aromatic heterocycles. The van der Waals surface area contributed by atoms with E-state index in [4.69, 9.17) is 5.11 Å². The van der Waals surface area contributed by atoms with Crippen LogP contribution in [-0.2, 0) is 14.8 Å². The third-order valence-electron chi connectivity index (χ3n) is 5.50. The lowest BCUT2D eigenvalue weighted by molar-refractivity contribution is -0.687. The van der Waals surface area contributed by atoms with Crippen molar-refractivity contribution in [3.63, 3.8) is 0 Å². The molecule has 3 N–H and O–H groups in total. The van der Waals surface area contributed by atoms with Crippen LogP contribution in [0.15, 0.2) is 47.4 Å². The van der Waals surface area contributed by atoms with Crippen LogP contribution in [0, 0.1) is 6.92 Å². The summed E-state index contributed by atoms with van der Waals surface area (Å²) in [5, 5.41) is 10.9. The van der Waals surface area contributed by atoms with Crippen molar-refractivity contribution in [2.24, 2.45) is 0 Å². The second-order valence-corrected chi connectivity index (χ2v) is 9.57. The number of sulfonamides is 1. The topological polar surface area (TPSA) is 91.3 Å². The summed E-state index contributed by atoms with van der Waals surface area (Å²) < 4.78 is 27.9. The molecule has 1 heterocycles. The Morgan fingerprint density at radius 2 is 1.79 bits per heavy atom. The van der Waals surface area contributed by atoms with Crippen molar-refractivity contribution < 1.29 is 23.6 Å². The number of benzene rings is 2. The largest absolute Gasteiger partial charge is 0.481 e. The standard InChI is InChI=1S/C22H28N2O4S/c1-16-12-13-18-20(15-16)29(27,28)24(2)19-10-7-6-9-17(19)22(18)23-14-8-4-3-5-11-21(25)26/h6-7,9-10,12-13,15,22-23H,3-5,8,11,14H2,1-2H3,(H,25,26)/p+1. The van der Waals surface area contributed by atoms with E-state index in [0.29, 0.717) is 17.0 Å². The monoisotopic (exact) mass is 417 g/mol. The average molecular weight is 418 g/mol. The first kappa shape index (κ1) is 21.3. The minimum absolute atomic E-state index is 0.0967.